The fourth-order valence-electron chi connectivity index (χ4n) is 5.84. The summed E-state index contributed by atoms with van der Waals surface area (Å²) in [6.45, 7) is 3.07. The second-order valence-corrected chi connectivity index (χ2v) is 10.2. The van der Waals surface area contributed by atoms with Crippen molar-refractivity contribution in [2.45, 2.75) is 109 Å². The largest absolute Gasteiger partial charge is 0.494 e. The number of halogens is 1. The zero-order chi connectivity index (χ0) is 21.7. The zero-order valence-corrected chi connectivity index (χ0v) is 19.9. The van der Waals surface area contributed by atoms with Crippen LogP contribution >= 0.6 is 0 Å². The van der Waals surface area contributed by atoms with Crippen molar-refractivity contribution in [1.29, 1.82) is 0 Å². The third kappa shape index (κ3) is 8.62. The molecule has 0 radical (unpaired) electrons. The van der Waals surface area contributed by atoms with Gasteiger partial charge < -0.3 is 4.74 Å². The molecule has 0 unspecified atom stereocenters. The maximum Gasteiger partial charge on any atom is 0.119 e. The van der Waals surface area contributed by atoms with Gasteiger partial charge in [-0.25, -0.2) is 4.39 Å². The van der Waals surface area contributed by atoms with E-state index in [0.29, 0.717) is 6.33 Å². The van der Waals surface area contributed by atoms with Gasteiger partial charge in [-0.15, -0.1) is 0 Å². The zero-order valence-electron chi connectivity index (χ0n) is 19.9. The molecular formula is C29H45FO. The minimum Gasteiger partial charge on any atom is -0.494 e. The van der Waals surface area contributed by atoms with E-state index in [0.717, 1.165) is 48.9 Å². The van der Waals surface area contributed by atoms with Crippen LogP contribution in [0.2, 0.25) is 0 Å². The Kier molecular flexibility index (Phi) is 11.0. The molecule has 3 rings (SSSR count). The number of hydrogen-bond donors (Lipinski definition) is 0. The van der Waals surface area contributed by atoms with Gasteiger partial charge in [-0.05, 0) is 86.3 Å². The molecule has 2 saturated carbocycles. The number of ether oxygens (including phenoxy) is 1. The first-order valence-corrected chi connectivity index (χ1v) is 13.3. The fourth-order valence-corrected chi connectivity index (χ4v) is 5.84. The molecule has 1 nitrogen and oxygen atoms in total. The van der Waals surface area contributed by atoms with Gasteiger partial charge in [0.05, 0.1) is 12.9 Å². The van der Waals surface area contributed by atoms with Crippen LogP contribution in [0.5, 0.6) is 5.75 Å². The predicted octanol–water partition coefficient (Wildman–Crippen LogP) is 9.38. The van der Waals surface area contributed by atoms with Crippen molar-refractivity contribution in [3.63, 3.8) is 0 Å². The number of rotatable bonds is 12. The molecule has 0 amide bonds. The Hall–Kier alpha value is -1.31. The lowest BCUT2D eigenvalue weighted by Gasteiger charge is -2.32. The molecule has 2 fully saturated rings. The number of hydrogen-bond acceptors (Lipinski definition) is 1. The van der Waals surface area contributed by atoms with E-state index >= 15 is 0 Å². The number of unbranched alkanes of at least 4 members (excludes halogenated alkanes) is 2. The molecule has 0 heterocycles. The Labute approximate surface area is 190 Å². The minimum absolute atomic E-state index is 0.708. The van der Waals surface area contributed by atoms with E-state index in [-0.39, 0.29) is 0 Å². The average Bonchev–Trinajstić information content (AvgIpc) is 2.82. The van der Waals surface area contributed by atoms with Crippen LogP contribution in [0.4, 0.5) is 4.39 Å². The Balaban J connectivity index is 1.29. The maximum absolute atomic E-state index is 12.1. The summed E-state index contributed by atoms with van der Waals surface area (Å²) in [6.07, 6.45) is 22.1. The first-order chi connectivity index (χ1) is 15.3. The quantitative estimate of drug-likeness (QED) is 0.301. The molecule has 31 heavy (non-hydrogen) atoms. The highest BCUT2D eigenvalue weighted by molar-refractivity contribution is 5.29. The molecule has 0 bridgehead atoms. The van der Waals surface area contributed by atoms with E-state index in [4.69, 9.17) is 4.74 Å². The van der Waals surface area contributed by atoms with Crippen molar-refractivity contribution in [3.8, 4) is 5.75 Å². The standard InChI is InChI=1S/C29H45FO/c1-2-3-6-23-31-29-20-18-28(19-21-29)27-16-14-26(15-17-27)13-12-25-10-8-24(9-11-25)7-4-5-22-30/h5,18-22,24-27H,2-4,6-17,23H2,1H3. The predicted molar refractivity (Wildman–Crippen MR) is 130 cm³/mol. The van der Waals surface area contributed by atoms with E-state index in [9.17, 15) is 4.39 Å². The Morgan fingerprint density at radius 3 is 1.97 bits per heavy atom. The molecule has 1 aromatic carbocycles. The molecule has 0 saturated heterocycles. The normalized spacial score (nSPS) is 26.9. The Bertz CT molecular complexity index is 606. The highest BCUT2D eigenvalue weighted by atomic mass is 19.1. The first-order valence-electron chi connectivity index (χ1n) is 13.3. The van der Waals surface area contributed by atoms with Gasteiger partial charge in [-0.1, -0.05) is 76.5 Å². The third-order valence-electron chi connectivity index (χ3n) is 8.00. The lowest BCUT2D eigenvalue weighted by atomic mass is 9.74. The van der Waals surface area contributed by atoms with Gasteiger partial charge in [0.2, 0.25) is 0 Å². The van der Waals surface area contributed by atoms with Crippen LogP contribution in [-0.2, 0) is 0 Å². The summed E-state index contributed by atoms with van der Waals surface area (Å²) < 4.78 is 18.0. The van der Waals surface area contributed by atoms with Gasteiger partial charge in [0.15, 0.2) is 0 Å². The van der Waals surface area contributed by atoms with Crippen LogP contribution in [0.25, 0.3) is 0 Å². The van der Waals surface area contributed by atoms with Crippen LogP contribution in [0.3, 0.4) is 0 Å². The molecule has 0 aromatic heterocycles. The SMILES string of the molecule is CCCCCOc1ccc(C2CCC(CCC3CCC(CCC=CF)CC3)CC2)cc1. The second kappa shape index (κ2) is 14.0. The Morgan fingerprint density at radius 2 is 1.39 bits per heavy atom. The van der Waals surface area contributed by atoms with E-state index in [2.05, 4.69) is 31.2 Å². The monoisotopic (exact) mass is 428 g/mol. The maximum atomic E-state index is 12.1. The molecule has 0 aliphatic heterocycles. The molecular weight excluding hydrogens is 383 g/mol. The molecule has 2 aliphatic rings. The number of benzene rings is 1. The van der Waals surface area contributed by atoms with Crippen LogP contribution in [-0.4, -0.2) is 6.61 Å². The lowest BCUT2D eigenvalue weighted by Crippen LogP contribution is -2.17. The summed E-state index contributed by atoms with van der Waals surface area (Å²) in [5.41, 5.74) is 1.51. The molecule has 1 aromatic rings. The van der Waals surface area contributed by atoms with Gasteiger partial charge >= 0.3 is 0 Å². The summed E-state index contributed by atoms with van der Waals surface area (Å²) >= 11 is 0. The summed E-state index contributed by atoms with van der Waals surface area (Å²) in [7, 11) is 0. The van der Waals surface area contributed by atoms with Crippen molar-refractivity contribution in [1.82, 2.24) is 0 Å². The third-order valence-corrected chi connectivity index (χ3v) is 8.00. The summed E-state index contributed by atoms with van der Waals surface area (Å²) in [5.74, 6) is 4.53. The van der Waals surface area contributed by atoms with Crippen LogP contribution in [0.1, 0.15) is 115 Å². The summed E-state index contributed by atoms with van der Waals surface area (Å²) in [6, 6.07) is 8.97. The minimum atomic E-state index is 0.708. The van der Waals surface area contributed by atoms with Crippen LogP contribution in [0, 0.1) is 17.8 Å². The molecule has 0 atom stereocenters. The lowest BCUT2D eigenvalue weighted by molar-refractivity contribution is 0.225. The van der Waals surface area contributed by atoms with E-state index in [1.807, 2.05) is 0 Å². The highest BCUT2D eigenvalue weighted by Crippen LogP contribution is 2.40. The van der Waals surface area contributed by atoms with Crippen LogP contribution in [0.15, 0.2) is 36.7 Å². The topological polar surface area (TPSA) is 9.23 Å². The molecule has 0 N–H and O–H groups in total. The first kappa shape index (κ1) is 24.3. The van der Waals surface area contributed by atoms with E-state index < -0.39 is 0 Å². The fraction of sp³-hybridized carbons (Fsp3) is 0.724. The van der Waals surface area contributed by atoms with Gasteiger partial charge in [0.1, 0.15) is 5.75 Å². The molecule has 174 valence electrons. The van der Waals surface area contributed by atoms with Gasteiger partial charge in [-0.3, -0.25) is 0 Å². The van der Waals surface area contributed by atoms with Gasteiger partial charge in [-0.2, -0.15) is 0 Å². The molecule has 2 heteroatoms. The van der Waals surface area contributed by atoms with Crippen molar-refractivity contribution in [2.24, 2.45) is 17.8 Å². The summed E-state index contributed by atoms with van der Waals surface area (Å²) in [5, 5.41) is 0. The summed E-state index contributed by atoms with van der Waals surface area (Å²) in [4.78, 5) is 0. The van der Waals surface area contributed by atoms with Crippen molar-refractivity contribution in [2.75, 3.05) is 6.61 Å². The van der Waals surface area contributed by atoms with E-state index in [1.54, 1.807) is 6.08 Å². The van der Waals surface area contributed by atoms with E-state index in [1.165, 1.54) is 89.0 Å². The van der Waals surface area contributed by atoms with Crippen LogP contribution < -0.4 is 4.74 Å². The Morgan fingerprint density at radius 1 is 0.806 bits per heavy atom. The van der Waals surface area contributed by atoms with Gasteiger partial charge in [0.25, 0.3) is 0 Å². The average molecular weight is 429 g/mol. The number of allylic oxidation sites excluding steroid dienone is 1. The highest BCUT2D eigenvalue weighted by Gasteiger charge is 2.25. The van der Waals surface area contributed by atoms with Crippen molar-refractivity contribution >= 4 is 0 Å². The molecule has 0 spiro atoms. The smallest absolute Gasteiger partial charge is 0.119 e. The van der Waals surface area contributed by atoms with Crippen molar-refractivity contribution < 1.29 is 9.13 Å². The molecule has 2 aliphatic carbocycles. The van der Waals surface area contributed by atoms with Crippen molar-refractivity contribution in [3.05, 3.63) is 42.2 Å². The van der Waals surface area contributed by atoms with Gasteiger partial charge in [0, 0.05) is 0 Å². The second-order valence-electron chi connectivity index (χ2n) is 10.2.